The Labute approximate surface area is 154 Å². The van der Waals surface area contributed by atoms with Gasteiger partial charge in [0.25, 0.3) is 5.56 Å². The third-order valence-corrected chi connectivity index (χ3v) is 3.61. The molecule has 4 N–H and O–H groups in total. The Bertz CT molecular complexity index is 869. The Balaban J connectivity index is 0.00000312. The first-order chi connectivity index (χ1) is 11.4. The lowest BCUT2D eigenvalue weighted by atomic mass is 10.1. The fraction of sp³-hybridized carbons (Fsp3) is 0.267. The second-order valence-corrected chi connectivity index (χ2v) is 5.35. The predicted molar refractivity (Wildman–Crippen MR) is 97.1 cm³/mol. The van der Waals surface area contributed by atoms with Gasteiger partial charge in [-0.3, -0.25) is 14.6 Å². The summed E-state index contributed by atoms with van der Waals surface area (Å²) >= 11 is 5.19. The minimum absolute atomic E-state index is 0. The van der Waals surface area contributed by atoms with E-state index in [1.807, 2.05) is 0 Å². The van der Waals surface area contributed by atoms with Crippen molar-refractivity contribution in [2.45, 2.75) is 6.54 Å². The molecule has 0 atom stereocenters. The zero-order valence-electron chi connectivity index (χ0n) is 13.4. The molecule has 1 aromatic carbocycles. The molecule has 0 aliphatic heterocycles. The van der Waals surface area contributed by atoms with Gasteiger partial charge in [-0.05, 0) is 30.4 Å². The summed E-state index contributed by atoms with van der Waals surface area (Å²) in [5, 5.41) is 2.85. The summed E-state index contributed by atoms with van der Waals surface area (Å²) in [5.41, 5.74) is 5.49. The maximum atomic E-state index is 13.7. The average molecular weight is 389 g/mol. The van der Waals surface area contributed by atoms with E-state index in [0.29, 0.717) is 30.1 Å². The van der Waals surface area contributed by atoms with Crippen molar-refractivity contribution in [2.24, 2.45) is 5.73 Å². The third kappa shape index (κ3) is 5.38. The van der Waals surface area contributed by atoms with E-state index in [-0.39, 0.29) is 23.7 Å². The summed E-state index contributed by atoms with van der Waals surface area (Å²) in [6.07, 6.45) is 0. The van der Waals surface area contributed by atoms with E-state index < -0.39 is 17.3 Å². The molecule has 0 saturated heterocycles. The van der Waals surface area contributed by atoms with Crippen molar-refractivity contribution in [3.05, 3.63) is 45.2 Å². The van der Waals surface area contributed by atoms with Crippen LogP contribution in [0.4, 0.5) is 4.39 Å². The number of aromatic nitrogens is 2. The first kappa shape index (κ1) is 20.8. The molecule has 1 amide bonds. The molecule has 25 heavy (non-hydrogen) atoms. The number of ether oxygens (including phenoxy) is 1. The summed E-state index contributed by atoms with van der Waals surface area (Å²) in [7, 11) is 1.46. The topological polar surface area (TPSA) is 102 Å². The fourth-order valence-electron chi connectivity index (χ4n) is 2.25. The molecule has 0 aliphatic rings. The number of carbonyl (C=O) groups is 1. The molecule has 1 aromatic heterocycles. The van der Waals surface area contributed by atoms with Gasteiger partial charge >= 0.3 is 0 Å². The van der Waals surface area contributed by atoms with Gasteiger partial charge in [-0.25, -0.2) is 4.39 Å². The van der Waals surface area contributed by atoms with E-state index in [1.54, 1.807) is 4.57 Å². The van der Waals surface area contributed by atoms with Gasteiger partial charge in [0.2, 0.25) is 5.91 Å². The van der Waals surface area contributed by atoms with Crippen LogP contribution in [0.5, 0.6) is 5.75 Å². The molecule has 2 rings (SSSR count). The minimum atomic E-state index is -0.480. The van der Waals surface area contributed by atoms with Gasteiger partial charge in [-0.15, -0.1) is 12.4 Å². The lowest BCUT2D eigenvalue weighted by Gasteiger charge is -2.16. The molecule has 0 bridgehead atoms. The van der Waals surface area contributed by atoms with Crippen LogP contribution in [0, 0.1) is 10.6 Å². The molecule has 0 saturated carbocycles. The van der Waals surface area contributed by atoms with Crippen LogP contribution in [0.1, 0.15) is 0 Å². The fourth-order valence-corrected chi connectivity index (χ4v) is 2.54. The van der Waals surface area contributed by atoms with Crippen LogP contribution in [0.3, 0.4) is 0 Å². The highest BCUT2D eigenvalue weighted by Gasteiger charge is 2.13. The number of hydrogen-bond acceptors (Lipinski definition) is 5. The van der Waals surface area contributed by atoms with Gasteiger partial charge in [0, 0.05) is 24.7 Å². The first-order valence-electron chi connectivity index (χ1n) is 7.09. The van der Waals surface area contributed by atoms with Gasteiger partial charge in [0.1, 0.15) is 11.6 Å². The van der Waals surface area contributed by atoms with Gasteiger partial charge in [-0.1, -0.05) is 0 Å². The number of hydrogen-bond donors (Lipinski definition) is 3. The Morgan fingerprint density at radius 2 is 2.16 bits per heavy atom. The van der Waals surface area contributed by atoms with E-state index in [4.69, 9.17) is 22.7 Å². The zero-order chi connectivity index (χ0) is 17.7. The number of halogens is 2. The standard InChI is InChI=1S/C15H17FN4O3S.ClH/c1-23-12-3-2-9(16)6-10(12)11-7-14(22)19-15(24)20(11)5-4-18-8-13(17)21;/h2-3,6-7,18H,4-5,8H2,1H3,(H2,17,21)(H,19,22,24);1H. The molecule has 2 aromatic rings. The molecule has 0 unspecified atom stereocenters. The number of benzene rings is 1. The molecule has 0 aliphatic carbocycles. The highest BCUT2D eigenvalue weighted by Crippen LogP contribution is 2.29. The highest BCUT2D eigenvalue weighted by atomic mass is 35.5. The number of H-pyrrole nitrogens is 1. The van der Waals surface area contributed by atoms with Crippen LogP contribution in [-0.4, -0.2) is 35.7 Å². The number of methoxy groups -OCH3 is 1. The normalized spacial score (nSPS) is 10.2. The van der Waals surface area contributed by atoms with E-state index in [0.717, 1.165) is 0 Å². The Kier molecular flexibility index (Phi) is 7.75. The molecule has 0 radical (unpaired) electrons. The number of nitrogens with zero attached hydrogens (tertiary/aromatic N) is 1. The van der Waals surface area contributed by atoms with Crippen LogP contribution in [-0.2, 0) is 11.3 Å². The monoisotopic (exact) mass is 388 g/mol. The lowest BCUT2D eigenvalue weighted by Crippen LogP contribution is -2.31. The number of nitrogens with one attached hydrogen (secondary N) is 2. The quantitative estimate of drug-likeness (QED) is 0.489. The summed E-state index contributed by atoms with van der Waals surface area (Å²) in [5.74, 6) is -0.530. The number of primary amides is 1. The van der Waals surface area contributed by atoms with E-state index in [9.17, 15) is 14.0 Å². The van der Waals surface area contributed by atoms with Crippen LogP contribution < -0.4 is 21.3 Å². The average Bonchev–Trinajstić information content (AvgIpc) is 2.52. The van der Waals surface area contributed by atoms with Crippen LogP contribution >= 0.6 is 24.6 Å². The summed E-state index contributed by atoms with van der Waals surface area (Å²) < 4.78 is 20.7. The van der Waals surface area contributed by atoms with Crippen molar-refractivity contribution in [1.82, 2.24) is 14.9 Å². The number of nitrogens with two attached hydrogens (primary N) is 1. The Morgan fingerprint density at radius 3 is 2.80 bits per heavy atom. The van der Waals surface area contributed by atoms with E-state index in [1.165, 1.54) is 31.4 Å². The Morgan fingerprint density at radius 1 is 1.44 bits per heavy atom. The zero-order valence-corrected chi connectivity index (χ0v) is 15.0. The molecular formula is C15H18ClFN4O3S. The van der Waals surface area contributed by atoms with Crippen molar-refractivity contribution in [3.8, 4) is 17.0 Å². The van der Waals surface area contributed by atoms with Crippen molar-refractivity contribution in [1.29, 1.82) is 0 Å². The van der Waals surface area contributed by atoms with Gasteiger partial charge in [0.05, 0.1) is 19.3 Å². The lowest BCUT2D eigenvalue weighted by molar-refractivity contribution is -0.117. The SMILES string of the molecule is COc1ccc(F)cc1-c1cc(=O)[nH]c(=S)n1CCNCC(N)=O.Cl. The molecule has 10 heteroatoms. The van der Waals surface area contributed by atoms with Crippen molar-refractivity contribution >= 4 is 30.5 Å². The maximum absolute atomic E-state index is 13.7. The number of rotatable bonds is 7. The summed E-state index contributed by atoms with van der Waals surface area (Å²) in [6.45, 7) is 0.751. The molecule has 136 valence electrons. The second-order valence-electron chi connectivity index (χ2n) is 4.96. The molecule has 7 nitrogen and oxygen atoms in total. The predicted octanol–water partition coefficient (Wildman–Crippen LogP) is 1.22. The summed E-state index contributed by atoms with van der Waals surface area (Å²) in [4.78, 5) is 25.1. The third-order valence-electron chi connectivity index (χ3n) is 3.28. The first-order valence-corrected chi connectivity index (χ1v) is 7.50. The van der Waals surface area contributed by atoms with Gasteiger partial charge in [-0.2, -0.15) is 0 Å². The van der Waals surface area contributed by atoms with E-state index in [2.05, 4.69) is 10.3 Å². The minimum Gasteiger partial charge on any atom is -0.496 e. The molecular weight excluding hydrogens is 371 g/mol. The van der Waals surface area contributed by atoms with Crippen molar-refractivity contribution in [2.75, 3.05) is 20.2 Å². The smallest absolute Gasteiger partial charge is 0.252 e. The number of carbonyl (C=O) groups excluding carboxylic acids is 1. The van der Waals surface area contributed by atoms with Crippen molar-refractivity contribution in [3.63, 3.8) is 0 Å². The second kappa shape index (κ2) is 9.30. The van der Waals surface area contributed by atoms with Crippen LogP contribution in [0.2, 0.25) is 0 Å². The number of aromatic amines is 1. The van der Waals surface area contributed by atoms with Crippen LogP contribution in [0.25, 0.3) is 11.3 Å². The van der Waals surface area contributed by atoms with Gasteiger partial charge in [0.15, 0.2) is 4.77 Å². The van der Waals surface area contributed by atoms with E-state index >= 15 is 0 Å². The Hall–Kier alpha value is -2.23. The molecule has 1 heterocycles. The van der Waals surface area contributed by atoms with Crippen molar-refractivity contribution < 1.29 is 13.9 Å². The largest absolute Gasteiger partial charge is 0.496 e. The molecule has 0 fully saturated rings. The molecule has 0 spiro atoms. The number of amides is 1. The maximum Gasteiger partial charge on any atom is 0.252 e. The van der Waals surface area contributed by atoms with Crippen LogP contribution in [0.15, 0.2) is 29.1 Å². The highest BCUT2D eigenvalue weighted by molar-refractivity contribution is 7.71. The summed E-state index contributed by atoms with van der Waals surface area (Å²) in [6, 6.07) is 5.34. The van der Waals surface area contributed by atoms with Gasteiger partial charge < -0.3 is 20.4 Å².